The lowest BCUT2D eigenvalue weighted by Gasteiger charge is -2.29. The average molecular weight is 1420 g/mol. The van der Waals surface area contributed by atoms with Crippen LogP contribution in [0.2, 0.25) is 0 Å². The number of aryl methyl sites for hydroxylation is 1. The van der Waals surface area contributed by atoms with Crippen LogP contribution in [0.25, 0.3) is 61.2 Å². The van der Waals surface area contributed by atoms with Gasteiger partial charge in [-0.05, 0) is 152 Å². The van der Waals surface area contributed by atoms with Crippen LogP contribution in [-0.4, -0.2) is 168 Å². The van der Waals surface area contributed by atoms with Crippen molar-refractivity contribution in [1.82, 2.24) is 64.0 Å². The van der Waals surface area contributed by atoms with E-state index in [9.17, 15) is 9.59 Å². The molecule has 0 bridgehead atoms. The van der Waals surface area contributed by atoms with Gasteiger partial charge in [-0.25, -0.2) is 19.0 Å². The summed E-state index contributed by atoms with van der Waals surface area (Å²) in [6, 6.07) is 59.4. The predicted octanol–water partition coefficient (Wildman–Crippen LogP) is 14.6. The summed E-state index contributed by atoms with van der Waals surface area (Å²) in [6.45, 7) is 19.3. The molecule has 0 N–H and O–H groups in total. The minimum absolute atomic E-state index is 0.0448. The number of hydrogen-bond donors (Lipinski definition) is 0. The number of anilines is 3. The molecule has 0 amide bonds. The quantitative estimate of drug-likeness (QED) is 0.0694. The van der Waals surface area contributed by atoms with E-state index in [4.69, 9.17) is 39.2 Å². The molecular weight excluding hydrogens is 1330 g/mol. The van der Waals surface area contributed by atoms with E-state index in [-0.39, 0.29) is 18.6 Å². The van der Waals surface area contributed by atoms with Crippen molar-refractivity contribution in [1.29, 1.82) is 0 Å². The summed E-state index contributed by atoms with van der Waals surface area (Å²) in [4.78, 5) is 58.4. The zero-order chi connectivity index (χ0) is 72.7. The van der Waals surface area contributed by atoms with Gasteiger partial charge in [0.05, 0.1) is 88.9 Å². The first-order valence-electron chi connectivity index (χ1n) is 36.9. The number of carbonyl (C=O) groups is 2. The fourth-order valence-electron chi connectivity index (χ4n) is 14.6. The molecule has 13 aromatic rings. The zero-order valence-corrected chi connectivity index (χ0v) is 61.1. The molecule has 3 aliphatic heterocycles. The molecule has 3 aliphatic rings. The van der Waals surface area contributed by atoms with E-state index in [0.29, 0.717) is 37.1 Å². The lowest BCUT2D eigenvalue weighted by Crippen LogP contribution is -2.38. The van der Waals surface area contributed by atoms with Gasteiger partial charge in [0.25, 0.3) is 0 Å². The maximum absolute atomic E-state index is 13.6. The van der Waals surface area contributed by atoms with Gasteiger partial charge in [0.1, 0.15) is 23.7 Å². The molecule has 6 aromatic carbocycles. The number of rotatable bonds is 19. The van der Waals surface area contributed by atoms with Crippen molar-refractivity contribution in [3.63, 3.8) is 0 Å². The van der Waals surface area contributed by atoms with Gasteiger partial charge in [0.15, 0.2) is 5.78 Å². The predicted molar refractivity (Wildman–Crippen MR) is 418 cm³/mol. The van der Waals surface area contributed by atoms with Crippen LogP contribution in [-0.2, 0) is 27.4 Å². The number of benzene rings is 6. The van der Waals surface area contributed by atoms with Crippen molar-refractivity contribution in [3.05, 3.63) is 254 Å². The number of oxazole rings is 1. The topological polar surface area (TPSA) is 190 Å². The number of pyridine rings is 3. The first kappa shape index (κ1) is 71.6. The number of methoxy groups -OCH3 is 2. The number of ketones is 1. The van der Waals surface area contributed by atoms with Crippen molar-refractivity contribution in [2.24, 2.45) is 0 Å². The van der Waals surface area contributed by atoms with E-state index in [1.54, 1.807) is 30.4 Å². The number of Topliss-reactive ketones (excluding diaryl/α,β-unsaturated/α-hetero) is 1. The normalized spacial score (nSPS) is 15.1. The summed E-state index contributed by atoms with van der Waals surface area (Å²) in [7, 11) is 3.02. The second-order valence-electron chi connectivity index (χ2n) is 27.6. The Morgan fingerprint density at radius 1 is 0.481 bits per heavy atom. The van der Waals surface area contributed by atoms with Crippen molar-refractivity contribution in [2.45, 2.75) is 77.9 Å². The van der Waals surface area contributed by atoms with Crippen LogP contribution < -0.4 is 19.4 Å². The lowest BCUT2D eigenvalue weighted by molar-refractivity contribution is -0.142. The third-order valence-corrected chi connectivity index (χ3v) is 20.1. The number of hydrogen-bond acceptors (Lipinski definition) is 18. The molecule has 542 valence electrons. The Morgan fingerprint density at radius 3 is 1.68 bits per heavy atom. The van der Waals surface area contributed by atoms with Crippen LogP contribution in [0.1, 0.15) is 86.1 Å². The van der Waals surface area contributed by atoms with Crippen LogP contribution in [0, 0.1) is 6.92 Å². The molecule has 3 fully saturated rings. The van der Waals surface area contributed by atoms with Crippen molar-refractivity contribution >= 4 is 61.5 Å². The van der Waals surface area contributed by atoms with Gasteiger partial charge in [-0.3, -0.25) is 39.2 Å². The monoisotopic (exact) mass is 1420 g/mol. The Bertz CT molecular complexity index is 5060. The van der Waals surface area contributed by atoms with Crippen LogP contribution in [0.4, 0.5) is 17.1 Å². The Morgan fingerprint density at radius 2 is 1.06 bits per heavy atom. The summed E-state index contributed by atoms with van der Waals surface area (Å²) in [6.07, 6.45) is 18.1. The standard InChI is InChI=1S/C30H33N5O4.C28H33N5.C27H26N6O/c1-38-26-13-11-22-8-6-16-31-28(22)30(26)34-18-7-17-33(20-21-34)29(25(36)12-14-27(37)39-2)24-15-19-35(32-24)23-9-4-3-5-10-23;1-21(2)24-18-23-8-5-11-29-28(23)27(19-24)32-13-6-12-31(15-16-32)20-25-10-14-33(30-25)26-9-4-7-22(3)17-26;1-2-7-24(8-3-1)33-14-9-23(30-33)20-31-12-5-13-32(16-15-31)25-19-22(27-29-11-17-34-27)18-21-6-4-10-28-26(21)25/h3-6,8-11,13,15-16,19,29H,7,12,14,17-18,20-21H2,1-2H3;4-5,7-11,14,17-19,21H,6,12-13,15-16,20H2,1-3H3;1-4,6-11,14,17-19H,5,12-13,15-16,20H2. The van der Waals surface area contributed by atoms with E-state index < -0.39 is 12.0 Å². The smallest absolute Gasteiger partial charge is 0.305 e. The summed E-state index contributed by atoms with van der Waals surface area (Å²) < 4.78 is 21.8. The van der Waals surface area contributed by atoms with Crippen molar-refractivity contribution in [3.8, 4) is 34.3 Å². The molecule has 0 saturated carbocycles. The summed E-state index contributed by atoms with van der Waals surface area (Å²) in [5.74, 6) is 1.48. The summed E-state index contributed by atoms with van der Waals surface area (Å²) in [5, 5.41) is 17.8. The molecule has 7 aromatic heterocycles. The minimum atomic E-state index is -0.563. The number of nitrogens with zero attached hydrogens (tertiary/aromatic N) is 16. The number of fused-ring (bicyclic) bond motifs is 3. The fraction of sp³-hybridized carbons (Fsp3) is 0.306. The molecule has 10 heterocycles. The molecule has 0 spiro atoms. The average Bonchev–Trinajstić information content (AvgIpc) is 0.942. The van der Waals surface area contributed by atoms with Crippen molar-refractivity contribution in [2.75, 3.05) is 107 Å². The second-order valence-corrected chi connectivity index (χ2v) is 27.6. The molecule has 21 heteroatoms. The first-order chi connectivity index (χ1) is 52.0. The summed E-state index contributed by atoms with van der Waals surface area (Å²) in [5.41, 5.74) is 16.1. The van der Waals surface area contributed by atoms with E-state index >= 15 is 0 Å². The third-order valence-electron chi connectivity index (χ3n) is 20.1. The Labute approximate surface area is 619 Å². The number of esters is 1. The van der Waals surface area contributed by atoms with Gasteiger partial charge < -0.3 is 28.6 Å². The Kier molecular flexibility index (Phi) is 23.0. The maximum atomic E-state index is 13.6. The minimum Gasteiger partial charge on any atom is -0.494 e. The molecule has 106 heavy (non-hydrogen) atoms. The highest BCUT2D eigenvalue weighted by molar-refractivity contribution is 5.96. The molecule has 21 nitrogen and oxygen atoms in total. The molecule has 3 saturated heterocycles. The molecule has 1 unspecified atom stereocenters. The van der Waals surface area contributed by atoms with Crippen LogP contribution in [0.3, 0.4) is 0 Å². The van der Waals surface area contributed by atoms with E-state index in [1.807, 2.05) is 119 Å². The zero-order valence-electron chi connectivity index (χ0n) is 61.1. The second kappa shape index (κ2) is 34.0. The number of para-hydroxylation sites is 2. The lowest BCUT2D eigenvalue weighted by atomic mass is 9.99. The van der Waals surface area contributed by atoms with E-state index in [0.717, 1.165) is 170 Å². The van der Waals surface area contributed by atoms with Gasteiger partial charge in [-0.2, -0.15) is 15.3 Å². The van der Waals surface area contributed by atoms with Crippen molar-refractivity contribution < 1.29 is 23.5 Å². The molecule has 16 rings (SSSR count). The maximum Gasteiger partial charge on any atom is 0.305 e. The SMILES string of the molecule is COC(=O)CCC(=O)C(c1ccn(-c2ccccc2)n1)N1CCCN(c2c(OC)ccc3cccnc23)CC1.Cc1cccc(-n2ccc(CN3CCCN(c4cc(C(C)C)cc5cccnc45)CC3)n2)c1.c1ccc(-n2ccc(CN3CCCN(c4cc(-c5ncco5)cc5cccnc45)CC3)n2)cc1. The number of carbonyl (C=O) groups excluding carboxylic acids is 2. The Hall–Kier alpha value is -11.4. The number of aromatic nitrogens is 10. The highest BCUT2D eigenvalue weighted by atomic mass is 16.5. The summed E-state index contributed by atoms with van der Waals surface area (Å²) >= 11 is 0. The van der Waals surface area contributed by atoms with Gasteiger partial charge in [-0.1, -0.05) is 80.6 Å². The molecule has 0 aliphatic carbocycles. The largest absolute Gasteiger partial charge is 0.494 e. The van der Waals surface area contributed by atoms with Gasteiger partial charge in [0.2, 0.25) is 5.89 Å². The third kappa shape index (κ3) is 17.2. The van der Waals surface area contributed by atoms with Gasteiger partial charge in [-0.15, -0.1) is 0 Å². The molecular formula is C85H92N16O5. The Balaban J connectivity index is 0.000000134. The van der Waals surface area contributed by atoms with Gasteiger partial charge >= 0.3 is 5.97 Å². The first-order valence-corrected chi connectivity index (χ1v) is 36.9. The highest BCUT2D eigenvalue weighted by Crippen LogP contribution is 2.38. The van der Waals surface area contributed by atoms with Crippen LogP contribution in [0.15, 0.2) is 230 Å². The number of ether oxygens (including phenoxy) is 2. The van der Waals surface area contributed by atoms with Gasteiger partial charge in [0, 0.05) is 157 Å². The fourth-order valence-corrected chi connectivity index (χ4v) is 14.6. The van der Waals surface area contributed by atoms with E-state index in [1.165, 1.54) is 29.3 Å². The van der Waals surface area contributed by atoms with Crippen LogP contribution >= 0.6 is 0 Å². The van der Waals surface area contributed by atoms with E-state index in [2.05, 4.69) is 157 Å². The highest BCUT2D eigenvalue weighted by Gasteiger charge is 2.33. The molecule has 0 radical (unpaired) electrons. The molecule has 1 atom stereocenters. The van der Waals surface area contributed by atoms with Crippen LogP contribution in [0.5, 0.6) is 5.75 Å².